The van der Waals surface area contributed by atoms with E-state index >= 15 is 0 Å². The third-order valence-corrected chi connectivity index (χ3v) is 5.59. The number of aliphatic hydroxyl groups excluding tert-OH is 1. The van der Waals surface area contributed by atoms with E-state index in [0.717, 1.165) is 12.1 Å². The van der Waals surface area contributed by atoms with Crippen LogP contribution in [-0.4, -0.2) is 37.6 Å². The van der Waals surface area contributed by atoms with Gasteiger partial charge in [-0.15, -0.1) is 5.10 Å². The van der Waals surface area contributed by atoms with Crippen molar-refractivity contribution in [3.63, 3.8) is 0 Å². The molecule has 1 aromatic carbocycles. The Morgan fingerprint density at radius 2 is 1.97 bits per heavy atom. The van der Waals surface area contributed by atoms with E-state index in [9.17, 15) is 27.9 Å². The van der Waals surface area contributed by atoms with Crippen molar-refractivity contribution in [3.05, 3.63) is 77.4 Å². The largest absolute Gasteiger partial charge is 0.455 e. The van der Waals surface area contributed by atoms with Gasteiger partial charge in [0.1, 0.15) is 17.0 Å². The lowest BCUT2D eigenvalue weighted by atomic mass is 10.1. The number of pyridine rings is 1. The molecule has 0 radical (unpaired) electrons. The van der Waals surface area contributed by atoms with Gasteiger partial charge in [-0.25, -0.2) is 0 Å². The van der Waals surface area contributed by atoms with Crippen LogP contribution in [0.25, 0.3) is 0 Å². The summed E-state index contributed by atoms with van der Waals surface area (Å²) in [6.45, 7) is 1.41. The van der Waals surface area contributed by atoms with E-state index in [4.69, 9.17) is 4.74 Å². The normalized spacial score (nSPS) is 15.0. The highest BCUT2D eigenvalue weighted by Gasteiger charge is 2.51. The van der Waals surface area contributed by atoms with Crippen molar-refractivity contribution in [3.8, 4) is 11.5 Å². The van der Waals surface area contributed by atoms with E-state index in [1.165, 1.54) is 43.6 Å². The van der Waals surface area contributed by atoms with Crippen LogP contribution in [0, 0.1) is 0 Å². The molecule has 3 N–H and O–H groups in total. The molecule has 1 aliphatic rings. The molecule has 0 spiro atoms. The molecule has 2 heterocycles. The van der Waals surface area contributed by atoms with Crippen molar-refractivity contribution in [2.45, 2.75) is 44.1 Å². The summed E-state index contributed by atoms with van der Waals surface area (Å²) in [7, 11) is 0. The van der Waals surface area contributed by atoms with Gasteiger partial charge in [0.15, 0.2) is 5.69 Å². The van der Waals surface area contributed by atoms with Gasteiger partial charge >= 0.3 is 6.18 Å². The summed E-state index contributed by atoms with van der Waals surface area (Å²) in [5.41, 5.74) is -1.39. The maximum atomic E-state index is 13.5. The quantitative estimate of drug-likeness (QED) is 0.432. The Morgan fingerprint density at radius 3 is 2.56 bits per heavy atom. The molecular weight excluding hydrogens is 479 g/mol. The second-order valence-electron chi connectivity index (χ2n) is 8.34. The van der Waals surface area contributed by atoms with Crippen molar-refractivity contribution in [2.75, 3.05) is 0 Å². The molecule has 0 bridgehead atoms. The second-order valence-corrected chi connectivity index (χ2v) is 8.34. The molecule has 188 valence electrons. The zero-order valence-electron chi connectivity index (χ0n) is 19.0. The molecule has 1 aliphatic carbocycles. The van der Waals surface area contributed by atoms with Crippen molar-refractivity contribution in [1.82, 2.24) is 25.8 Å². The highest BCUT2D eigenvalue weighted by Crippen LogP contribution is 2.39. The predicted molar refractivity (Wildman–Crippen MR) is 120 cm³/mol. The number of nitrogens with zero attached hydrogens (tertiary/aromatic N) is 3. The molecule has 1 unspecified atom stereocenters. The molecule has 9 nitrogen and oxygen atoms in total. The third kappa shape index (κ3) is 5.77. The fraction of sp³-hybridized carbons (Fsp3) is 0.292. The van der Waals surface area contributed by atoms with Crippen LogP contribution >= 0.6 is 0 Å². The van der Waals surface area contributed by atoms with Gasteiger partial charge in [0.05, 0.1) is 30.1 Å². The number of rotatable bonds is 8. The molecule has 2 amide bonds. The number of hydrogen-bond acceptors (Lipinski definition) is 7. The zero-order valence-corrected chi connectivity index (χ0v) is 19.0. The van der Waals surface area contributed by atoms with Crippen molar-refractivity contribution in [2.24, 2.45) is 0 Å². The lowest BCUT2D eigenvalue weighted by Crippen LogP contribution is -2.49. The minimum absolute atomic E-state index is 0.0404. The molecule has 1 fully saturated rings. The minimum Gasteiger partial charge on any atom is -0.455 e. The van der Waals surface area contributed by atoms with Crippen LogP contribution in [0.15, 0.2) is 54.9 Å². The first-order valence-corrected chi connectivity index (χ1v) is 11.0. The maximum Gasteiger partial charge on any atom is 0.419 e. The second kappa shape index (κ2) is 9.90. The smallest absolute Gasteiger partial charge is 0.419 e. The first-order valence-electron chi connectivity index (χ1n) is 11.0. The fourth-order valence-corrected chi connectivity index (χ4v) is 3.40. The molecule has 0 aliphatic heterocycles. The molecule has 1 atom stereocenters. The van der Waals surface area contributed by atoms with E-state index in [1.54, 1.807) is 6.07 Å². The summed E-state index contributed by atoms with van der Waals surface area (Å²) in [4.78, 5) is 29.1. The molecule has 2 aromatic heterocycles. The number of halogens is 3. The van der Waals surface area contributed by atoms with Crippen LogP contribution in [0.4, 0.5) is 13.2 Å². The Kier molecular flexibility index (Phi) is 6.88. The van der Waals surface area contributed by atoms with Crippen LogP contribution in [0.2, 0.25) is 0 Å². The Labute approximate surface area is 203 Å². The average molecular weight is 501 g/mol. The van der Waals surface area contributed by atoms with Gasteiger partial charge in [-0.05, 0) is 61.7 Å². The van der Waals surface area contributed by atoms with Gasteiger partial charge < -0.3 is 20.5 Å². The number of hydrogen-bond donors (Lipinski definition) is 3. The topological polar surface area (TPSA) is 126 Å². The lowest BCUT2D eigenvalue weighted by Gasteiger charge is -2.17. The highest BCUT2D eigenvalue weighted by molar-refractivity contribution is 5.99. The van der Waals surface area contributed by atoms with Gasteiger partial charge in [-0.1, -0.05) is 6.07 Å². The van der Waals surface area contributed by atoms with E-state index < -0.39 is 35.0 Å². The van der Waals surface area contributed by atoms with Gasteiger partial charge in [0.2, 0.25) is 5.91 Å². The zero-order chi connectivity index (χ0) is 25.9. The van der Waals surface area contributed by atoms with Crippen LogP contribution in [0.5, 0.6) is 11.5 Å². The molecule has 1 saturated carbocycles. The number of carbonyl (C=O) groups excluding carboxylic acids is 2. The van der Waals surface area contributed by atoms with E-state index in [0.29, 0.717) is 18.5 Å². The number of amides is 2. The molecule has 4 rings (SSSR count). The summed E-state index contributed by atoms with van der Waals surface area (Å²) in [5.74, 6) is -1.25. The van der Waals surface area contributed by atoms with Crippen molar-refractivity contribution >= 4 is 11.8 Å². The van der Waals surface area contributed by atoms with Gasteiger partial charge in [0.25, 0.3) is 5.91 Å². The maximum absolute atomic E-state index is 13.5. The first kappa shape index (κ1) is 25.0. The molecule has 3 aromatic rings. The lowest BCUT2D eigenvalue weighted by molar-refractivity contribution is -0.138. The van der Waals surface area contributed by atoms with E-state index in [2.05, 4.69) is 25.8 Å². The summed E-state index contributed by atoms with van der Waals surface area (Å²) in [5, 5.41) is 22.3. The summed E-state index contributed by atoms with van der Waals surface area (Å²) in [6, 6.07) is 9.32. The van der Waals surface area contributed by atoms with Gasteiger partial charge in [-0.2, -0.15) is 18.3 Å². The average Bonchev–Trinajstić information content (AvgIpc) is 3.64. The van der Waals surface area contributed by atoms with Gasteiger partial charge in [0, 0.05) is 6.20 Å². The van der Waals surface area contributed by atoms with Gasteiger partial charge in [-0.3, -0.25) is 14.6 Å². The van der Waals surface area contributed by atoms with Crippen LogP contribution < -0.4 is 15.4 Å². The monoisotopic (exact) mass is 501 g/mol. The number of alkyl halides is 3. The number of aliphatic hydroxyl groups is 1. The summed E-state index contributed by atoms with van der Waals surface area (Å²) < 4.78 is 45.8. The van der Waals surface area contributed by atoms with Crippen LogP contribution in [0.1, 0.15) is 53.2 Å². The predicted octanol–water partition coefficient (Wildman–Crippen LogP) is 3.31. The van der Waals surface area contributed by atoms with E-state index in [-0.39, 0.29) is 29.5 Å². The van der Waals surface area contributed by atoms with E-state index in [1.807, 2.05) is 0 Å². The molecule has 0 saturated heterocycles. The number of benzene rings is 1. The third-order valence-electron chi connectivity index (χ3n) is 5.59. The number of carbonyl (C=O) groups is 2. The molecular formula is C24H22F3N5O4. The highest BCUT2D eigenvalue weighted by atomic mass is 19.4. The standard InChI is InChI=1S/C24H22F3N5O4/c1-14(33)15-4-7-20(18(11-15)24(25,26)27)36-17-6-5-16(28-13-17)12-29-22(35)23(8-9-23)31-21(34)19-3-2-10-30-32-19/h2-7,10-11,13-14,33H,8-9,12H2,1H3,(H,29,35)(H,31,34). The Bertz CT molecular complexity index is 1250. The Hall–Kier alpha value is -4.06. The number of aromatic nitrogens is 3. The van der Waals surface area contributed by atoms with Crippen molar-refractivity contribution in [1.29, 1.82) is 0 Å². The first-order chi connectivity index (χ1) is 17.1. The van der Waals surface area contributed by atoms with Crippen LogP contribution in [-0.2, 0) is 17.5 Å². The SMILES string of the molecule is CC(O)c1ccc(Oc2ccc(CNC(=O)C3(NC(=O)c4cccnn4)CC3)nc2)c(C(F)(F)F)c1. The molecule has 36 heavy (non-hydrogen) atoms. The Morgan fingerprint density at radius 1 is 1.19 bits per heavy atom. The van der Waals surface area contributed by atoms with Crippen molar-refractivity contribution < 1.29 is 32.6 Å². The fourth-order valence-electron chi connectivity index (χ4n) is 3.40. The summed E-state index contributed by atoms with van der Waals surface area (Å²) >= 11 is 0. The summed E-state index contributed by atoms with van der Waals surface area (Å²) in [6.07, 6.45) is -2.12. The molecule has 12 heteroatoms. The number of nitrogens with one attached hydrogen (secondary N) is 2. The number of ether oxygens (including phenoxy) is 1. The Balaban J connectivity index is 1.36. The van der Waals surface area contributed by atoms with Crippen LogP contribution in [0.3, 0.4) is 0 Å². The minimum atomic E-state index is -4.68.